The number of nitrogens with one attached hydrogen (secondary N) is 1. The van der Waals surface area contributed by atoms with Gasteiger partial charge < -0.3 is 40.3 Å². The van der Waals surface area contributed by atoms with Crippen LogP contribution in [0.25, 0.3) is 0 Å². The molecule has 6 rings (SSSR count). The summed E-state index contributed by atoms with van der Waals surface area (Å²) >= 11 is 0. The van der Waals surface area contributed by atoms with Gasteiger partial charge in [-0.2, -0.15) is 0 Å². The summed E-state index contributed by atoms with van der Waals surface area (Å²) in [4.78, 5) is 41.2. The summed E-state index contributed by atoms with van der Waals surface area (Å²) in [5.74, 6) is -4.18. The van der Waals surface area contributed by atoms with Crippen LogP contribution in [0.5, 0.6) is 0 Å². The van der Waals surface area contributed by atoms with Crippen molar-refractivity contribution in [3.63, 3.8) is 0 Å². The predicted molar refractivity (Wildman–Crippen MR) is 172 cm³/mol. The molecular formula is C37H45Ac2NO10. The SMILES string of the molecule is CC1=C2C(O)C(=O)[C@]3(C)C(O)CC4OC[C@@]4(O)C3[C@H](C)C(O)(CC1OC(=O)C(O)C(NC(=O)c1ccccc1)c1ccccc1)C2(C)C.[Ac].[Ac]. The van der Waals surface area contributed by atoms with E-state index in [1.807, 2.05) is 0 Å². The van der Waals surface area contributed by atoms with Gasteiger partial charge in [-0.05, 0) is 48.6 Å². The van der Waals surface area contributed by atoms with Crippen molar-refractivity contribution in [1.82, 2.24) is 5.32 Å². The number of Topliss-reactive ketones (excluding diaryl/α,β-unsaturated/α-hetero) is 1. The molecule has 11 nitrogen and oxygen atoms in total. The van der Waals surface area contributed by atoms with Crippen LogP contribution in [-0.4, -0.2) is 91.5 Å². The van der Waals surface area contributed by atoms with E-state index in [1.54, 1.807) is 88.4 Å². The van der Waals surface area contributed by atoms with Crippen molar-refractivity contribution in [2.75, 3.05) is 6.61 Å². The van der Waals surface area contributed by atoms with Gasteiger partial charge in [-0.1, -0.05) is 69.3 Å². The van der Waals surface area contributed by atoms with Gasteiger partial charge >= 0.3 is 5.97 Å². The molecule has 1 heterocycles. The first-order chi connectivity index (χ1) is 22.5. The number of esters is 1. The van der Waals surface area contributed by atoms with Gasteiger partial charge in [0.1, 0.15) is 17.8 Å². The Labute approximate surface area is 363 Å². The van der Waals surface area contributed by atoms with Crippen LogP contribution in [0.2, 0.25) is 0 Å². The van der Waals surface area contributed by atoms with Crippen LogP contribution in [0.1, 0.15) is 69.4 Å². The summed E-state index contributed by atoms with van der Waals surface area (Å²) in [5.41, 5.74) is -4.94. The number of fused-ring (bicyclic) bond motifs is 5. The number of aliphatic hydroxyl groups excluding tert-OH is 3. The van der Waals surface area contributed by atoms with Crippen molar-refractivity contribution in [3.05, 3.63) is 82.9 Å². The summed E-state index contributed by atoms with van der Waals surface area (Å²) in [5, 5.41) is 62.0. The Kier molecular flexibility index (Phi) is 12.9. The fourth-order valence-corrected chi connectivity index (χ4v) is 9.28. The zero-order valence-electron chi connectivity index (χ0n) is 28.9. The van der Waals surface area contributed by atoms with Crippen molar-refractivity contribution >= 4 is 17.7 Å². The van der Waals surface area contributed by atoms with Crippen molar-refractivity contribution in [2.24, 2.45) is 22.7 Å². The van der Waals surface area contributed by atoms with Gasteiger partial charge in [0, 0.05) is 118 Å². The minimum Gasteiger partial charge on any atom is -0.456 e. The number of carbonyl (C=O) groups excluding carboxylic acids is 3. The molecule has 4 aliphatic rings. The third-order valence-electron chi connectivity index (χ3n) is 12.2. The molecule has 264 valence electrons. The summed E-state index contributed by atoms with van der Waals surface area (Å²) in [6.07, 6.45) is -7.06. The summed E-state index contributed by atoms with van der Waals surface area (Å²) in [6, 6.07) is 15.6. The minimum absolute atomic E-state index is 0. The van der Waals surface area contributed by atoms with E-state index in [0.717, 1.165) is 0 Å². The molecule has 2 bridgehead atoms. The zero-order chi connectivity index (χ0) is 35.0. The van der Waals surface area contributed by atoms with Gasteiger partial charge in [-0.25, -0.2) is 4.79 Å². The van der Waals surface area contributed by atoms with Crippen LogP contribution < -0.4 is 5.32 Å². The molecule has 1 amide bonds. The Morgan fingerprint density at radius 1 is 0.980 bits per heavy atom. The molecule has 1 aliphatic heterocycles. The van der Waals surface area contributed by atoms with Crippen molar-refractivity contribution in [1.29, 1.82) is 0 Å². The maximum absolute atomic E-state index is 14.3. The summed E-state index contributed by atoms with van der Waals surface area (Å²) in [7, 11) is 0. The predicted octanol–water partition coefficient (Wildman–Crippen LogP) is 2.00. The molecule has 8 unspecified atom stereocenters. The molecule has 2 saturated carbocycles. The smallest absolute Gasteiger partial charge is 0.338 e. The number of aliphatic hydroxyl groups is 5. The largest absolute Gasteiger partial charge is 0.456 e. The van der Waals surface area contributed by atoms with E-state index in [2.05, 4.69) is 5.32 Å². The van der Waals surface area contributed by atoms with E-state index in [-0.39, 0.29) is 113 Å². The molecular weight excluding hydrogens is 1070 g/mol. The molecule has 50 heavy (non-hydrogen) atoms. The molecule has 2 aromatic carbocycles. The Bertz CT molecular complexity index is 1640. The fourth-order valence-electron chi connectivity index (χ4n) is 9.28. The Morgan fingerprint density at radius 2 is 1.56 bits per heavy atom. The third kappa shape index (κ3) is 6.50. The first-order valence-electron chi connectivity index (χ1n) is 16.5. The fraction of sp³-hybridized carbons (Fsp3) is 0.541. The number of rotatable bonds is 6. The first kappa shape index (κ1) is 42.2. The number of hydrogen-bond acceptors (Lipinski definition) is 10. The third-order valence-corrected chi connectivity index (χ3v) is 12.2. The normalized spacial score (nSPS) is 36.7. The number of hydrogen-bond donors (Lipinski definition) is 6. The van der Waals surface area contributed by atoms with Crippen LogP contribution in [-0.2, 0) is 19.1 Å². The molecule has 1 saturated heterocycles. The average Bonchev–Trinajstić information content (AvgIpc) is 3.06. The Balaban J connectivity index is 0.00000281. The van der Waals surface area contributed by atoms with Gasteiger partial charge in [0.15, 0.2) is 11.9 Å². The quantitative estimate of drug-likeness (QED) is 0.185. The molecule has 2 radical (unpaired) electrons. The average molecular weight is 1120 g/mol. The van der Waals surface area contributed by atoms with Gasteiger partial charge in [-0.15, -0.1) is 0 Å². The zero-order valence-corrected chi connectivity index (χ0v) is 38.4. The minimum atomic E-state index is -1.87. The summed E-state index contributed by atoms with van der Waals surface area (Å²) in [6.45, 7) is 8.16. The second-order valence-corrected chi connectivity index (χ2v) is 14.8. The molecule has 3 aliphatic carbocycles. The topological polar surface area (TPSA) is 183 Å². The number of ether oxygens (including phenoxy) is 2. The van der Waals surface area contributed by atoms with Crippen LogP contribution in [0.4, 0.5) is 0 Å². The van der Waals surface area contributed by atoms with Crippen LogP contribution in [0.3, 0.4) is 0 Å². The van der Waals surface area contributed by atoms with Crippen molar-refractivity contribution in [3.8, 4) is 0 Å². The van der Waals surface area contributed by atoms with Gasteiger partial charge in [0.25, 0.3) is 5.91 Å². The van der Waals surface area contributed by atoms with Crippen LogP contribution >= 0.6 is 0 Å². The van der Waals surface area contributed by atoms with Gasteiger partial charge in [0.05, 0.1) is 35.9 Å². The molecule has 2 aromatic rings. The number of carbonyl (C=O) groups is 3. The van der Waals surface area contributed by atoms with Crippen LogP contribution in [0, 0.1) is 111 Å². The van der Waals surface area contributed by atoms with Crippen LogP contribution in [0.15, 0.2) is 71.8 Å². The summed E-state index contributed by atoms with van der Waals surface area (Å²) < 4.78 is 11.5. The molecule has 0 aromatic heterocycles. The van der Waals surface area contributed by atoms with Gasteiger partial charge in [0.2, 0.25) is 0 Å². The maximum atomic E-state index is 14.3. The van der Waals surface area contributed by atoms with E-state index < -0.39 is 88.1 Å². The maximum Gasteiger partial charge on any atom is 0.338 e. The molecule has 3 fully saturated rings. The standard InChI is InChI=1S/C37H45NO10.2Ac/c1-19-23(48-33(44)29(41)27(21-12-8-6-9-13-21)38-32(43)22-14-10-7-11-15-22)17-37(46)20(2)30-35(5,24(39)16-25-36(30,45)18-47-25)31(42)28(40)26(19)34(37,3)4;;/h6-15,20,23-25,27-30,39-41,45-46H,16-18H2,1-5H3,(H,38,43);;/t20-,23?,24?,25?,27?,28?,29?,30?,35+,36-,37?;;/m0../s1. The molecule has 11 atom stereocenters. The van der Waals surface area contributed by atoms with E-state index in [4.69, 9.17) is 9.47 Å². The van der Waals surface area contributed by atoms with E-state index >= 15 is 0 Å². The second-order valence-electron chi connectivity index (χ2n) is 14.8. The van der Waals surface area contributed by atoms with E-state index in [0.29, 0.717) is 16.7 Å². The van der Waals surface area contributed by atoms with Crippen molar-refractivity contribution in [2.45, 2.75) is 95.2 Å². The van der Waals surface area contributed by atoms with Gasteiger partial charge in [-0.3, -0.25) is 9.59 Å². The number of ketones is 1. The molecule has 6 N–H and O–H groups in total. The Hall–Kier alpha value is -0.567. The number of amides is 1. The monoisotopic (exact) mass is 1120 g/mol. The Morgan fingerprint density at radius 3 is 2.12 bits per heavy atom. The first-order valence-corrected chi connectivity index (χ1v) is 16.5. The van der Waals surface area contributed by atoms with E-state index in [9.17, 15) is 39.9 Å². The van der Waals surface area contributed by atoms with E-state index in [1.165, 1.54) is 6.92 Å². The molecule has 13 heteroatoms. The second kappa shape index (κ2) is 15.3. The molecule has 0 spiro atoms. The number of benzene rings is 2. The van der Waals surface area contributed by atoms with Crippen molar-refractivity contribution < 1.29 is 138 Å².